The van der Waals surface area contributed by atoms with Gasteiger partial charge in [0.25, 0.3) is 0 Å². The van der Waals surface area contributed by atoms with E-state index in [-0.39, 0.29) is 11.0 Å². The molecule has 1 aromatic heterocycles. The normalized spacial score (nSPS) is 20.4. The van der Waals surface area contributed by atoms with Gasteiger partial charge in [-0.3, -0.25) is 4.68 Å². The van der Waals surface area contributed by atoms with Crippen LogP contribution in [0.25, 0.3) is 0 Å². The molecule has 1 saturated heterocycles. The van der Waals surface area contributed by atoms with Crippen LogP contribution in [-0.4, -0.2) is 44.0 Å². The number of aromatic nitrogens is 2. The van der Waals surface area contributed by atoms with Crippen LogP contribution in [0.5, 0.6) is 0 Å². The summed E-state index contributed by atoms with van der Waals surface area (Å²) in [7, 11) is -3.50. The van der Waals surface area contributed by atoms with Gasteiger partial charge in [-0.15, -0.1) is 0 Å². The minimum atomic E-state index is -3.50. The number of ether oxygens (including phenoxy) is 1. The number of hydrogen-bond acceptors (Lipinski definition) is 5. The minimum absolute atomic E-state index is 0.0149. The fourth-order valence-electron chi connectivity index (χ4n) is 1.83. The smallest absolute Gasteiger partial charge is 0.243 e. The first-order valence-corrected chi connectivity index (χ1v) is 7.44. The van der Waals surface area contributed by atoms with Gasteiger partial charge in [0.2, 0.25) is 10.0 Å². The second-order valence-corrected chi connectivity index (χ2v) is 5.98. The van der Waals surface area contributed by atoms with Crippen molar-refractivity contribution in [1.29, 1.82) is 0 Å². The van der Waals surface area contributed by atoms with Crippen LogP contribution >= 0.6 is 0 Å². The monoisotopic (exact) mass is 274 g/mol. The summed E-state index contributed by atoms with van der Waals surface area (Å²) in [5.41, 5.74) is 5.38. The highest BCUT2D eigenvalue weighted by atomic mass is 32.2. The van der Waals surface area contributed by atoms with Gasteiger partial charge in [-0.05, 0) is 12.8 Å². The molecule has 1 aliphatic heterocycles. The summed E-state index contributed by atoms with van der Waals surface area (Å²) in [4.78, 5) is 0.161. The zero-order valence-corrected chi connectivity index (χ0v) is 10.9. The fraction of sp³-hybridized carbons (Fsp3) is 0.700. The van der Waals surface area contributed by atoms with E-state index in [1.54, 1.807) is 0 Å². The Labute approximate surface area is 106 Å². The van der Waals surface area contributed by atoms with E-state index in [1.165, 1.54) is 17.1 Å². The number of rotatable bonds is 6. The molecule has 0 amide bonds. The summed E-state index contributed by atoms with van der Waals surface area (Å²) in [6.45, 7) is 1.94. The zero-order valence-electron chi connectivity index (χ0n) is 10.1. The lowest BCUT2D eigenvalue weighted by Crippen LogP contribution is -2.31. The predicted molar refractivity (Wildman–Crippen MR) is 65.4 cm³/mol. The van der Waals surface area contributed by atoms with Crippen molar-refractivity contribution in [3.63, 3.8) is 0 Å². The number of nitrogens with zero attached hydrogens (tertiary/aromatic N) is 2. The van der Waals surface area contributed by atoms with Crippen molar-refractivity contribution in [2.75, 3.05) is 19.7 Å². The third-order valence-electron chi connectivity index (χ3n) is 2.80. The van der Waals surface area contributed by atoms with Gasteiger partial charge in [0.1, 0.15) is 4.90 Å². The van der Waals surface area contributed by atoms with E-state index in [4.69, 9.17) is 10.5 Å². The summed E-state index contributed by atoms with van der Waals surface area (Å²) in [6.07, 6.45) is 4.67. The Hall–Kier alpha value is -0.960. The largest absolute Gasteiger partial charge is 0.377 e. The van der Waals surface area contributed by atoms with Gasteiger partial charge in [-0.25, -0.2) is 13.1 Å². The molecule has 0 radical (unpaired) electrons. The van der Waals surface area contributed by atoms with E-state index in [0.29, 0.717) is 26.2 Å². The molecule has 1 atom stereocenters. The highest BCUT2D eigenvalue weighted by Crippen LogP contribution is 2.12. The van der Waals surface area contributed by atoms with Gasteiger partial charge in [-0.1, -0.05) is 0 Å². The van der Waals surface area contributed by atoms with Crippen LogP contribution in [-0.2, 0) is 21.3 Å². The van der Waals surface area contributed by atoms with E-state index in [0.717, 1.165) is 12.8 Å². The Morgan fingerprint density at radius 3 is 3.11 bits per heavy atom. The van der Waals surface area contributed by atoms with Crippen molar-refractivity contribution < 1.29 is 13.2 Å². The maximum absolute atomic E-state index is 12.0. The Morgan fingerprint density at radius 2 is 2.44 bits per heavy atom. The second-order valence-electron chi connectivity index (χ2n) is 4.21. The van der Waals surface area contributed by atoms with E-state index >= 15 is 0 Å². The average molecular weight is 274 g/mol. The van der Waals surface area contributed by atoms with Gasteiger partial charge < -0.3 is 10.5 Å². The molecule has 1 fully saturated rings. The second kappa shape index (κ2) is 5.79. The van der Waals surface area contributed by atoms with Crippen LogP contribution in [0.3, 0.4) is 0 Å². The van der Waals surface area contributed by atoms with Crippen LogP contribution in [0, 0.1) is 0 Å². The number of hydrogen-bond donors (Lipinski definition) is 2. The maximum atomic E-state index is 12.0. The minimum Gasteiger partial charge on any atom is -0.377 e. The highest BCUT2D eigenvalue weighted by Gasteiger charge is 2.21. The summed E-state index contributed by atoms with van der Waals surface area (Å²) in [5.74, 6) is 0. The summed E-state index contributed by atoms with van der Waals surface area (Å²) < 4.78 is 33.3. The van der Waals surface area contributed by atoms with E-state index in [2.05, 4.69) is 9.82 Å². The van der Waals surface area contributed by atoms with Crippen molar-refractivity contribution in [1.82, 2.24) is 14.5 Å². The molecule has 1 unspecified atom stereocenters. The lowest BCUT2D eigenvalue weighted by atomic mass is 10.2. The van der Waals surface area contributed by atoms with E-state index in [1.807, 2.05) is 0 Å². The van der Waals surface area contributed by atoms with Crippen LogP contribution < -0.4 is 10.5 Å². The summed E-state index contributed by atoms with van der Waals surface area (Å²) in [5, 5.41) is 3.94. The molecule has 2 heterocycles. The number of nitrogens with one attached hydrogen (secondary N) is 1. The molecule has 1 aliphatic rings. The molecule has 7 nitrogen and oxygen atoms in total. The maximum Gasteiger partial charge on any atom is 0.243 e. The fourth-order valence-corrected chi connectivity index (χ4v) is 2.85. The average Bonchev–Trinajstić information content (AvgIpc) is 2.98. The predicted octanol–water partition coefficient (Wildman–Crippen LogP) is -0.701. The van der Waals surface area contributed by atoms with Gasteiger partial charge in [-0.2, -0.15) is 5.10 Å². The molecular formula is C10H18N4O3S. The zero-order chi connectivity index (χ0) is 13.0. The van der Waals surface area contributed by atoms with Crippen molar-refractivity contribution in [2.45, 2.75) is 30.4 Å². The highest BCUT2D eigenvalue weighted by molar-refractivity contribution is 7.89. The molecular weight excluding hydrogens is 256 g/mol. The topological polar surface area (TPSA) is 99.2 Å². The van der Waals surface area contributed by atoms with Crippen LogP contribution in [0.4, 0.5) is 0 Å². The molecule has 0 bridgehead atoms. The molecule has 0 aliphatic carbocycles. The molecule has 0 saturated carbocycles. The number of nitrogens with two attached hydrogens (primary N) is 1. The van der Waals surface area contributed by atoms with E-state index in [9.17, 15) is 8.42 Å². The van der Waals surface area contributed by atoms with Crippen molar-refractivity contribution in [3.8, 4) is 0 Å². The van der Waals surface area contributed by atoms with Gasteiger partial charge in [0.05, 0.1) is 18.8 Å². The lowest BCUT2D eigenvalue weighted by molar-refractivity contribution is 0.114. The molecule has 102 valence electrons. The third kappa shape index (κ3) is 3.29. The molecule has 0 aromatic carbocycles. The Kier molecular flexibility index (Phi) is 4.33. The summed E-state index contributed by atoms with van der Waals surface area (Å²) >= 11 is 0. The molecule has 3 N–H and O–H groups in total. The van der Waals surface area contributed by atoms with Crippen LogP contribution in [0.1, 0.15) is 12.8 Å². The standard InChI is InChI=1S/C10H18N4O3S/c11-3-4-14-8-10(7-12-14)18(15,16)13-6-9-2-1-5-17-9/h7-9,13H,1-6,11H2. The van der Waals surface area contributed by atoms with Crippen molar-refractivity contribution in [3.05, 3.63) is 12.4 Å². The molecule has 1 aromatic rings. The third-order valence-corrected chi connectivity index (χ3v) is 4.18. The van der Waals surface area contributed by atoms with Crippen molar-refractivity contribution in [2.24, 2.45) is 5.73 Å². The first-order chi connectivity index (χ1) is 8.62. The van der Waals surface area contributed by atoms with E-state index < -0.39 is 10.0 Å². The SMILES string of the molecule is NCCn1cc(S(=O)(=O)NCC2CCCO2)cn1. The van der Waals surface area contributed by atoms with Gasteiger partial charge in [0.15, 0.2) is 0 Å². The number of sulfonamides is 1. The molecule has 18 heavy (non-hydrogen) atoms. The lowest BCUT2D eigenvalue weighted by Gasteiger charge is -2.10. The van der Waals surface area contributed by atoms with Crippen molar-refractivity contribution >= 4 is 10.0 Å². The quantitative estimate of drug-likeness (QED) is 0.714. The Bertz CT molecular complexity index is 479. The first kappa shape index (κ1) is 13.5. The summed E-state index contributed by atoms with van der Waals surface area (Å²) in [6, 6.07) is 0. The Morgan fingerprint density at radius 1 is 1.61 bits per heavy atom. The van der Waals surface area contributed by atoms with Gasteiger partial charge in [0, 0.05) is 25.9 Å². The first-order valence-electron chi connectivity index (χ1n) is 5.95. The molecule has 0 spiro atoms. The molecule has 2 rings (SSSR count). The Balaban J connectivity index is 1.95. The van der Waals surface area contributed by atoms with Crippen LogP contribution in [0.2, 0.25) is 0 Å². The molecule has 8 heteroatoms. The van der Waals surface area contributed by atoms with Crippen LogP contribution in [0.15, 0.2) is 17.3 Å². The van der Waals surface area contributed by atoms with Gasteiger partial charge >= 0.3 is 0 Å².